The summed E-state index contributed by atoms with van der Waals surface area (Å²) in [5, 5.41) is 10.8. The third-order valence-corrected chi connectivity index (χ3v) is 6.01. The summed E-state index contributed by atoms with van der Waals surface area (Å²) in [5.41, 5.74) is 1.78. The monoisotopic (exact) mass is 428 g/mol. The molecule has 0 N–H and O–H groups in total. The van der Waals surface area contributed by atoms with Gasteiger partial charge in [0.2, 0.25) is 5.78 Å². The molecule has 0 amide bonds. The zero-order valence-electron chi connectivity index (χ0n) is 16.0. The van der Waals surface area contributed by atoms with Crippen molar-refractivity contribution in [3.05, 3.63) is 69.5 Å². The number of aryl methyl sites for hydroxylation is 1. The van der Waals surface area contributed by atoms with E-state index in [0.29, 0.717) is 36.7 Å². The van der Waals surface area contributed by atoms with Crippen molar-refractivity contribution < 1.29 is 4.74 Å². The summed E-state index contributed by atoms with van der Waals surface area (Å²) in [4.78, 5) is 13.1. The first-order valence-corrected chi connectivity index (χ1v) is 10.9. The van der Waals surface area contributed by atoms with Crippen LogP contribution in [0.25, 0.3) is 16.7 Å². The fourth-order valence-electron chi connectivity index (χ4n) is 3.26. The summed E-state index contributed by atoms with van der Waals surface area (Å²) in [6.07, 6.45) is 0.733. The maximum absolute atomic E-state index is 13.1. The quantitative estimate of drug-likeness (QED) is 0.307. The van der Waals surface area contributed by atoms with Crippen LogP contribution in [0.4, 0.5) is 0 Å². The van der Waals surface area contributed by atoms with Gasteiger partial charge in [-0.15, -0.1) is 10.2 Å². The van der Waals surface area contributed by atoms with Crippen LogP contribution in [0.15, 0.2) is 58.5 Å². The van der Waals surface area contributed by atoms with Gasteiger partial charge in [0.1, 0.15) is 0 Å². The van der Waals surface area contributed by atoms with Crippen LogP contribution in [0.2, 0.25) is 5.02 Å². The van der Waals surface area contributed by atoms with Crippen LogP contribution in [0.1, 0.15) is 18.9 Å². The summed E-state index contributed by atoms with van der Waals surface area (Å²) < 4.78 is 9.07. The minimum atomic E-state index is -0.0559. The predicted molar refractivity (Wildman–Crippen MR) is 117 cm³/mol. The molecule has 2 aromatic heterocycles. The number of thioether (sulfide) groups is 1. The highest BCUT2D eigenvalue weighted by Crippen LogP contribution is 2.27. The Morgan fingerprint density at radius 3 is 2.72 bits per heavy atom. The van der Waals surface area contributed by atoms with Crippen molar-refractivity contribution in [2.45, 2.75) is 30.8 Å². The number of para-hydroxylation sites is 1. The molecular formula is C21H21ClN4O2S. The molecule has 4 aromatic rings. The van der Waals surface area contributed by atoms with Crippen LogP contribution >= 0.6 is 23.4 Å². The molecule has 4 rings (SSSR count). The second-order valence-corrected chi connectivity index (χ2v) is 7.87. The number of hydrogen-bond donors (Lipinski definition) is 0. The number of nitrogens with zero attached hydrogens (tertiary/aromatic N) is 4. The molecule has 0 bridgehead atoms. The molecule has 6 nitrogen and oxygen atoms in total. The molecule has 0 unspecified atom stereocenters. The van der Waals surface area contributed by atoms with Gasteiger partial charge in [0, 0.05) is 30.5 Å². The predicted octanol–water partition coefficient (Wildman–Crippen LogP) is 4.42. The Morgan fingerprint density at radius 1 is 1.10 bits per heavy atom. The Morgan fingerprint density at radius 2 is 1.90 bits per heavy atom. The average molecular weight is 429 g/mol. The van der Waals surface area contributed by atoms with E-state index in [4.69, 9.17) is 16.3 Å². The molecule has 0 saturated heterocycles. The molecule has 8 heteroatoms. The van der Waals surface area contributed by atoms with E-state index in [1.54, 1.807) is 16.3 Å². The van der Waals surface area contributed by atoms with E-state index in [1.807, 2.05) is 59.9 Å². The molecule has 0 fully saturated rings. The van der Waals surface area contributed by atoms with Gasteiger partial charge in [0.25, 0.3) is 5.56 Å². The van der Waals surface area contributed by atoms with Gasteiger partial charge in [-0.05, 0) is 37.1 Å². The van der Waals surface area contributed by atoms with Crippen molar-refractivity contribution in [2.75, 3.05) is 13.2 Å². The average Bonchev–Trinajstić information content (AvgIpc) is 3.16. The molecular weight excluding hydrogens is 408 g/mol. The van der Waals surface area contributed by atoms with E-state index in [9.17, 15) is 4.79 Å². The van der Waals surface area contributed by atoms with Gasteiger partial charge in [0.15, 0.2) is 5.16 Å². The van der Waals surface area contributed by atoms with E-state index in [2.05, 4.69) is 10.2 Å². The van der Waals surface area contributed by atoms with Crippen molar-refractivity contribution in [1.29, 1.82) is 0 Å². The number of halogens is 1. The Bertz CT molecular complexity index is 1200. The van der Waals surface area contributed by atoms with E-state index in [-0.39, 0.29) is 5.56 Å². The smallest absolute Gasteiger partial charge is 0.262 e. The first kappa shape index (κ1) is 19.9. The van der Waals surface area contributed by atoms with Crippen LogP contribution in [0.5, 0.6) is 0 Å². The highest BCUT2D eigenvalue weighted by Gasteiger charge is 2.17. The second kappa shape index (κ2) is 8.98. The van der Waals surface area contributed by atoms with Gasteiger partial charge in [-0.25, -0.2) is 0 Å². The zero-order valence-corrected chi connectivity index (χ0v) is 17.6. The molecule has 150 valence electrons. The van der Waals surface area contributed by atoms with E-state index in [0.717, 1.165) is 27.7 Å². The van der Waals surface area contributed by atoms with Crippen molar-refractivity contribution in [3.8, 4) is 0 Å². The molecule has 0 radical (unpaired) electrons. The normalized spacial score (nSPS) is 11.5. The van der Waals surface area contributed by atoms with E-state index in [1.165, 1.54) is 0 Å². The lowest BCUT2D eigenvalue weighted by molar-refractivity contribution is 0.141. The number of rotatable bonds is 8. The molecule has 0 aliphatic rings. The topological polar surface area (TPSA) is 61.4 Å². The van der Waals surface area contributed by atoms with Crippen LogP contribution in [-0.4, -0.2) is 32.4 Å². The summed E-state index contributed by atoms with van der Waals surface area (Å²) in [7, 11) is 0. The number of fused-ring (bicyclic) bond motifs is 3. The standard InChI is InChI=1S/C21H21ClN4O2S/c1-2-28-13-7-12-25-19(27)16-9-4-6-11-18(16)26-20(25)23-24-21(26)29-14-15-8-3-5-10-17(15)22/h3-6,8-11H,2,7,12-14H2,1H3. The molecule has 0 aliphatic heterocycles. The Kier molecular flexibility index (Phi) is 6.18. The number of ether oxygens (including phenoxy) is 1. The van der Waals surface area contributed by atoms with Crippen molar-refractivity contribution >= 4 is 40.0 Å². The third-order valence-electron chi connectivity index (χ3n) is 4.67. The molecule has 2 heterocycles. The van der Waals surface area contributed by atoms with Gasteiger partial charge in [-0.1, -0.05) is 53.7 Å². The minimum absolute atomic E-state index is 0.0559. The van der Waals surface area contributed by atoms with Crippen LogP contribution in [0.3, 0.4) is 0 Å². The maximum Gasteiger partial charge on any atom is 0.262 e. The fourth-order valence-corrected chi connectivity index (χ4v) is 4.48. The molecule has 0 spiro atoms. The molecule has 0 aliphatic carbocycles. The largest absolute Gasteiger partial charge is 0.382 e. The molecule has 29 heavy (non-hydrogen) atoms. The Hall–Kier alpha value is -2.35. The summed E-state index contributed by atoms with van der Waals surface area (Å²) in [6, 6.07) is 15.3. The zero-order chi connectivity index (χ0) is 20.2. The van der Waals surface area contributed by atoms with Crippen molar-refractivity contribution in [1.82, 2.24) is 19.2 Å². The lowest BCUT2D eigenvalue weighted by atomic mass is 10.2. The summed E-state index contributed by atoms with van der Waals surface area (Å²) in [6.45, 7) is 3.75. The van der Waals surface area contributed by atoms with Crippen LogP contribution in [-0.2, 0) is 17.0 Å². The van der Waals surface area contributed by atoms with Crippen LogP contribution in [0, 0.1) is 0 Å². The van der Waals surface area contributed by atoms with Gasteiger partial charge in [-0.2, -0.15) is 0 Å². The number of benzene rings is 2. The maximum atomic E-state index is 13.1. The van der Waals surface area contributed by atoms with Crippen LogP contribution < -0.4 is 5.56 Å². The second-order valence-electron chi connectivity index (χ2n) is 6.52. The fraction of sp³-hybridized carbons (Fsp3) is 0.286. The Balaban J connectivity index is 1.76. The lowest BCUT2D eigenvalue weighted by Crippen LogP contribution is -2.24. The van der Waals surface area contributed by atoms with Gasteiger partial charge in [0.05, 0.1) is 10.9 Å². The van der Waals surface area contributed by atoms with E-state index >= 15 is 0 Å². The van der Waals surface area contributed by atoms with Crippen molar-refractivity contribution in [3.63, 3.8) is 0 Å². The molecule has 0 atom stereocenters. The van der Waals surface area contributed by atoms with Crippen molar-refractivity contribution in [2.24, 2.45) is 0 Å². The minimum Gasteiger partial charge on any atom is -0.382 e. The third kappa shape index (κ3) is 4.03. The van der Waals surface area contributed by atoms with Gasteiger partial charge >= 0.3 is 0 Å². The SMILES string of the molecule is CCOCCCn1c(=O)c2ccccc2n2c(SCc3ccccc3Cl)nnc12. The summed E-state index contributed by atoms with van der Waals surface area (Å²) >= 11 is 7.84. The van der Waals surface area contributed by atoms with E-state index < -0.39 is 0 Å². The Labute approximate surface area is 177 Å². The first-order valence-electron chi connectivity index (χ1n) is 9.51. The first-order chi connectivity index (χ1) is 14.2. The summed E-state index contributed by atoms with van der Waals surface area (Å²) in [5.74, 6) is 1.21. The lowest BCUT2D eigenvalue weighted by Gasteiger charge is -2.11. The number of hydrogen-bond acceptors (Lipinski definition) is 5. The highest BCUT2D eigenvalue weighted by atomic mass is 35.5. The van der Waals surface area contributed by atoms with Gasteiger partial charge in [-0.3, -0.25) is 13.8 Å². The number of aromatic nitrogens is 4. The van der Waals surface area contributed by atoms with Gasteiger partial charge < -0.3 is 4.74 Å². The highest BCUT2D eigenvalue weighted by molar-refractivity contribution is 7.98. The molecule has 2 aromatic carbocycles. The molecule has 0 saturated carbocycles.